The number of Topliss-reactive ketones (excluding diaryl/α,β-unsaturated/α-hetero) is 1. The predicted molar refractivity (Wildman–Crippen MR) is 185 cm³/mol. The molecule has 4 saturated carbocycles. The Hall–Kier alpha value is -3.37. The molecule has 0 spiro atoms. The molecular weight excluding hydrogens is 706 g/mol. The van der Waals surface area contributed by atoms with Crippen LogP contribution in [-0.4, -0.2) is 75.3 Å². The zero-order chi connectivity index (χ0) is 36.0. The topological polar surface area (TPSA) is 191 Å². The van der Waals surface area contributed by atoms with Gasteiger partial charge in [0.2, 0.25) is 21.8 Å². The lowest BCUT2D eigenvalue weighted by Gasteiger charge is -2.33. The highest BCUT2D eigenvalue weighted by molar-refractivity contribution is 7.91. The Morgan fingerprint density at radius 2 is 1.84 bits per heavy atom. The van der Waals surface area contributed by atoms with E-state index in [4.69, 9.17) is 16.3 Å². The average molecular weight is 750 g/mol. The van der Waals surface area contributed by atoms with Crippen molar-refractivity contribution >= 4 is 56.7 Å². The molecule has 0 bridgehead atoms. The van der Waals surface area contributed by atoms with Crippen molar-refractivity contribution in [3.63, 3.8) is 0 Å². The summed E-state index contributed by atoms with van der Waals surface area (Å²) in [7, 11) is -3.88. The minimum atomic E-state index is -3.88. The summed E-state index contributed by atoms with van der Waals surface area (Å²) in [6.45, 7) is 9.24. The number of amides is 3. The summed E-state index contributed by atoms with van der Waals surface area (Å²) in [6, 6.07) is 1.98. The van der Waals surface area contributed by atoms with Crippen LogP contribution in [0.4, 0.5) is 4.79 Å². The van der Waals surface area contributed by atoms with Crippen molar-refractivity contribution in [2.75, 3.05) is 0 Å². The van der Waals surface area contributed by atoms with Crippen LogP contribution in [0.2, 0.25) is 4.34 Å². The molecule has 17 heteroatoms. The van der Waals surface area contributed by atoms with Gasteiger partial charge in [0.15, 0.2) is 5.78 Å². The number of halogens is 1. The predicted octanol–water partition coefficient (Wildman–Crippen LogP) is 4.33. The number of tetrazole rings is 1. The van der Waals surface area contributed by atoms with Gasteiger partial charge in [-0.25, -0.2) is 13.2 Å². The Morgan fingerprint density at radius 1 is 1.14 bits per heavy atom. The van der Waals surface area contributed by atoms with E-state index in [1.165, 1.54) is 16.1 Å². The summed E-state index contributed by atoms with van der Waals surface area (Å²) in [5, 5.41) is 18.0. The molecule has 14 nitrogen and oxygen atoms in total. The molecule has 272 valence electrons. The van der Waals surface area contributed by atoms with Gasteiger partial charge in [-0.05, 0) is 92.9 Å². The zero-order valence-corrected chi connectivity index (χ0v) is 30.8. The van der Waals surface area contributed by atoms with Gasteiger partial charge >= 0.3 is 6.09 Å². The second kappa shape index (κ2) is 14.0. The van der Waals surface area contributed by atoms with Gasteiger partial charge in [-0.15, -0.1) is 28.1 Å². The molecule has 6 rings (SSSR count). The number of nitrogens with zero attached hydrogens (tertiary/aromatic N) is 4. The summed E-state index contributed by atoms with van der Waals surface area (Å²) in [6.07, 6.45) is 6.05. The number of allylic oxidation sites excluding steroid dienone is 1. The quantitative estimate of drug-likeness (QED) is 0.249. The van der Waals surface area contributed by atoms with Gasteiger partial charge in [0.1, 0.15) is 11.6 Å². The molecule has 0 aliphatic heterocycles. The molecule has 6 atom stereocenters. The number of ketones is 1. The van der Waals surface area contributed by atoms with Crippen molar-refractivity contribution in [1.29, 1.82) is 0 Å². The number of carbonyl (C=O) groups is 4. The number of thiophene rings is 1. The van der Waals surface area contributed by atoms with Gasteiger partial charge in [-0.3, -0.25) is 19.1 Å². The summed E-state index contributed by atoms with van der Waals surface area (Å²) in [5.74, 6) is -3.59. The van der Waals surface area contributed by atoms with Crippen LogP contribution in [0, 0.1) is 23.2 Å². The smallest absolute Gasteiger partial charge is 0.408 e. The first kappa shape index (κ1) is 36.4. The molecule has 4 aliphatic carbocycles. The monoisotopic (exact) mass is 749 g/mol. The molecule has 2 unspecified atom stereocenters. The van der Waals surface area contributed by atoms with Crippen molar-refractivity contribution in [2.24, 2.45) is 23.2 Å². The Bertz CT molecular complexity index is 1760. The van der Waals surface area contributed by atoms with Crippen LogP contribution in [0.3, 0.4) is 0 Å². The fourth-order valence-electron chi connectivity index (χ4n) is 7.25. The minimum Gasteiger partial charge on any atom is -0.446 e. The van der Waals surface area contributed by atoms with E-state index in [2.05, 4.69) is 37.3 Å². The van der Waals surface area contributed by atoms with E-state index in [0.29, 0.717) is 34.3 Å². The SMILES string of the molecule is C=CC[C@@H]1C[C@@]1(NC(=O)[C@@H]1C[C@@H](n2nnc(-c3ccc(Cl)s3)n2)CC1C(=O)C(NC(=O)OC1CCCC1)C(C)(C)C)C(=O)NS(=O)(=O)C1CC1. The van der Waals surface area contributed by atoms with Crippen molar-refractivity contribution in [1.82, 2.24) is 35.6 Å². The Labute approximate surface area is 300 Å². The molecule has 4 fully saturated rings. The second-order valence-electron chi connectivity index (χ2n) is 15.1. The van der Waals surface area contributed by atoms with E-state index in [0.717, 1.165) is 25.7 Å². The van der Waals surface area contributed by atoms with Crippen molar-refractivity contribution in [3.8, 4) is 10.7 Å². The average Bonchev–Trinajstić information content (AvgIpc) is 3.63. The highest BCUT2D eigenvalue weighted by Crippen LogP contribution is 2.49. The molecule has 2 aromatic rings. The van der Waals surface area contributed by atoms with E-state index in [-0.39, 0.29) is 37.1 Å². The largest absolute Gasteiger partial charge is 0.446 e. The zero-order valence-electron chi connectivity index (χ0n) is 28.4. The lowest BCUT2D eigenvalue weighted by atomic mass is 9.77. The van der Waals surface area contributed by atoms with E-state index in [1.807, 2.05) is 20.8 Å². The van der Waals surface area contributed by atoms with E-state index in [9.17, 15) is 27.6 Å². The highest BCUT2D eigenvalue weighted by atomic mass is 35.5. The van der Waals surface area contributed by atoms with Gasteiger partial charge in [-0.1, -0.05) is 38.4 Å². The van der Waals surface area contributed by atoms with E-state index in [1.54, 1.807) is 18.2 Å². The van der Waals surface area contributed by atoms with Gasteiger partial charge in [0.05, 0.1) is 26.5 Å². The molecule has 2 heterocycles. The fourth-order valence-corrected chi connectivity index (χ4v) is 9.58. The standard InChI is InChI=1S/C33H44ClN7O7S2/c1-5-8-18-17-33(18,30(44)39-50(46,47)21-11-12-21)36-29(43)23-16-19(41-38-28(37-40-41)24-13-14-25(34)49-24)15-22(23)26(42)27(32(2,3)4)35-31(45)48-20-9-6-7-10-20/h5,13-14,18-23,27H,1,6-12,15-17H2,2-4H3,(H,35,45)(H,36,43)(H,39,44)/t18-,19+,22?,23-,27?,33+/m1/s1. The molecule has 2 aromatic heterocycles. The normalized spacial score (nSPS) is 27.4. The summed E-state index contributed by atoms with van der Waals surface area (Å²) in [5.41, 5.74) is -2.21. The number of hydrogen-bond acceptors (Lipinski definition) is 11. The first-order valence-electron chi connectivity index (χ1n) is 17.2. The molecule has 3 amide bonds. The molecule has 3 N–H and O–H groups in total. The van der Waals surface area contributed by atoms with Crippen LogP contribution >= 0.6 is 22.9 Å². The van der Waals surface area contributed by atoms with Crippen molar-refractivity contribution < 1.29 is 32.3 Å². The van der Waals surface area contributed by atoms with Gasteiger partial charge in [-0.2, -0.15) is 4.80 Å². The van der Waals surface area contributed by atoms with Gasteiger partial charge in [0, 0.05) is 11.8 Å². The van der Waals surface area contributed by atoms with E-state index >= 15 is 0 Å². The third-order valence-corrected chi connectivity index (χ3v) is 13.3. The third kappa shape index (κ3) is 7.76. The Morgan fingerprint density at radius 3 is 2.46 bits per heavy atom. The number of carbonyl (C=O) groups excluding carboxylic acids is 4. The summed E-state index contributed by atoms with van der Waals surface area (Å²) >= 11 is 7.40. The van der Waals surface area contributed by atoms with Gasteiger partial charge in [0.25, 0.3) is 5.91 Å². The number of rotatable bonds is 13. The molecule has 4 aliphatic rings. The first-order chi connectivity index (χ1) is 23.6. The Balaban J connectivity index is 1.27. The van der Waals surface area contributed by atoms with Crippen LogP contribution < -0.4 is 15.4 Å². The van der Waals surface area contributed by atoms with Crippen LogP contribution in [-0.2, 0) is 29.1 Å². The number of alkyl carbamates (subject to hydrolysis) is 1. The van der Waals surface area contributed by atoms with Crippen molar-refractivity contribution in [2.45, 2.75) is 114 Å². The molecule has 0 aromatic carbocycles. The number of hydrogen-bond donors (Lipinski definition) is 3. The van der Waals surface area contributed by atoms with Crippen LogP contribution in [0.5, 0.6) is 0 Å². The second-order valence-corrected chi connectivity index (χ2v) is 18.8. The van der Waals surface area contributed by atoms with Crippen LogP contribution in [0.15, 0.2) is 24.8 Å². The van der Waals surface area contributed by atoms with Crippen molar-refractivity contribution in [3.05, 3.63) is 29.1 Å². The lowest BCUT2D eigenvalue weighted by Crippen LogP contribution is -2.56. The van der Waals surface area contributed by atoms with Crippen LogP contribution in [0.1, 0.15) is 91.0 Å². The number of nitrogens with one attached hydrogen (secondary N) is 3. The Kier molecular flexibility index (Phi) is 10.2. The highest BCUT2D eigenvalue weighted by Gasteiger charge is 2.62. The molecule has 0 radical (unpaired) electrons. The maximum absolute atomic E-state index is 14.5. The molecule has 0 saturated heterocycles. The minimum absolute atomic E-state index is 0.136. The third-order valence-electron chi connectivity index (χ3n) is 10.3. The van der Waals surface area contributed by atoms with Gasteiger partial charge < -0.3 is 15.4 Å². The maximum atomic E-state index is 14.5. The summed E-state index contributed by atoms with van der Waals surface area (Å²) < 4.78 is 33.8. The number of sulfonamides is 1. The molecule has 50 heavy (non-hydrogen) atoms. The summed E-state index contributed by atoms with van der Waals surface area (Å²) in [4.78, 5) is 57.5. The number of ether oxygens (including phenoxy) is 1. The number of aromatic nitrogens is 4. The first-order valence-corrected chi connectivity index (χ1v) is 19.9. The fraction of sp³-hybridized carbons (Fsp3) is 0.667. The van der Waals surface area contributed by atoms with Crippen LogP contribution in [0.25, 0.3) is 10.7 Å². The van der Waals surface area contributed by atoms with E-state index < -0.39 is 68.1 Å². The lowest BCUT2D eigenvalue weighted by molar-refractivity contribution is -0.137. The molecular formula is C33H44ClN7O7S2. The maximum Gasteiger partial charge on any atom is 0.408 e.